The summed E-state index contributed by atoms with van der Waals surface area (Å²) in [6.45, 7) is 3.78. The van der Waals surface area contributed by atoms with Gasteiger partial charge in [0.1, 0.15) is 5.01 Å². The van der Waals surface area contributed by atoms with Crippen molar-refractivity contribution in [2.24, 2.45) is 0 Å². The van der Waals surface area contributed by atoms with Gasteiger partial charge in [-0.3, -0.25) is 9.59 Å². The maximum absolute atomic E-state index is 12.0. The molecule has 3 aromatic rings. The summed E-state index contributed by atoms with van der Waals surface area (Å²) in [5, 5.41) is 16.1. The summed E-state index contributed by atoms with van der Waals surface area (Å²) in [4.78, 5) is 28.6. The largest absolute Gasteiger partial charge is 0.301 e. The number of carbonyl (C=O) groups excluding carboxylic acids is 1. The van der Waals surface area contributed by atoms with Crippen molar-refractivity contribution in [2.45, 2.75) is 36.8 Å². The SMILES string of the molecule is CCCC(=O)Nc1nnc(SCc2cc(=O)n3nc(C)sc3n2)s1. The molecule has 0 fully saturated rings. The number of aryl methyl sites for hydroxylation is 1. The number of rotatable bonds is 6. The molecule has 0 saturated heterocycles. The van der Waals surface area contributed by atoms with Gasteiger partial charge in [-0.2, -0.15) is 9.61 Å². The summed E-state index contributed by atoms with van der Waals surface area (Å²) >= 11 is 4.11. The zero-order chi connectivity index (χ0) is 17.1. The molecule has 0 aromatic carbocycles. The second kappa shape index (κ2) is 7.36. The molecular formula is C13H14N6O2S3. The predicted molar refractivity (Wildman–Crippen MR) is 94.9 cm³/mol. The Morgan fingerprint density at radius 2 is 2.21 bits per heavy atom. The van der Waals surface area contributed by atoms with Crippen molar-refractivity contribution < 1.29 is 4.79 Å². The molecule has 0 aliphatic carbocycles. The minimum atomic E-state index is -0.190. The number of nitrogens with zero attached hydrogens (tertiary/aromatic N) is 5. The van der Waals surface area contributed by atoms with E-state index in [1.54, 1.807) is 0 Å². The molecule has 3 heterocycles. The van der Waals surface area contributed by atoms with Crippen molar-refractivity contribution in [3.05, 3.63) is 27.1 Å². The Morgan fingerprint density at radius 1 is 1.38 bits per heavy atom. The van der Waals surface area contributed by atoms with E-state index in [1.807, 2.05) is 13.8 Å². The van der Waals surface area contributed by atoms with Crippen LogP contribution in [0.25, 0.3) is 4.96 Å². The van der Waals surface area contributed by atoms with E-state index in [0.717, 1.165) is 11.4 Å². The summed E-state index contributed by atoms with van der Waals surface area (Å²) in [5.74, 6) is 0.436. The molecule has 0 atom stereocenters. The number of amides is 1. The fourth-order valence-electron chi connectivity index (χ4n) is 1.89. The molecule has 0 bridgehead atoms. The van der Waals surface area contributed by atoms with E-state index in [9.17, 15) is 9.59 Å². The van der Waals surface area contributed by atoms with E-state index >= 15 is 0 Å². The highest BCUT2D eigenvalue weighted by Crippen LogP contribution is 2.28. The standard InChI is InChI=1S/C13H14N6O2S3/c1-3-4-9(20)15-11-16-17-13(24-11)22-6-8-5-10(21)19-12(14-8)23-7(2)18-19/h5H,3-4,6H2,1-2H3,(H,15,16,20). The second-order valence-corrected chi connectivity index (χ2v) is 8.22. The van der Waals surface area contributed by atoms with E-state index in [0.29, 0.717) is 32.3 Å². The Morgan fingerprint density at radius 3 is 3.00 bits per heavy atom. The third-order valence-electron chi connectivity index (χ3n) is 2.87. The molecule has 1 N–H and O–H groups in total. The first-order chi connectivity index (χ1) is 11.5. The number of carbonyl (C=O) groups is 1. The summed E-state index contributed by atoms with van der Waals surface area (Å²) in [5.41, 5.74) is 0.477. The number of anilines is 1. The molecule has 24 heavy (non-hydrogen) atoms. The van der Waals surface area contributed by atoms with Gasteiger partial charge in [0.15, 0.2) is 4.34 Å². The molecular weight excluding hydrogens is 368 g/mol. The predicted octanol–water partition coefficient (Wildman–Crippen LogP) is 2.34. The van der Waals surface area contributed by atoms with Gasteiger partial charge in [0.05, 0.1) is 5.69 Å². The van der Waals surface area contributed by atoms with E-state index in [2.05, 4.69) is 25.6 Å². The lowest BCUT2D eigenvalue weighted by molar-refractivity contribution is -0.116. The summed E-state index contributed by atoms with van der Waals surface area (Å²) < 4.78 is 2.02. The first kappa shape index (κ1) is 17.0. The average Bonchev–Trinajstić information content (AvgIpc) is 3.11. The minimum Gasteiger partial charge on any atom is -0.301 e. The Balaban J connectivity index is 1.67. The van der Waals surface area contributed by atoms with Gasteiger partial charge in [-0.25, -0.2) is 4.98 Å². The number of thioether (sulfide) groups is 1. The van der Waals surface area contributed by atoms with Gasteiger partial charge in [-0.15, -0.1) is 10.2 Å². The fraction of sp³-hybridized carbons (Fsp3) is 0.385. The van der Waals surface area contributed by atoms with Crippen molar-refractivity contribution >= 4 is 50.4 Å². The van der Waals surface area contributed by atoms with Crippen LogP contribution in [0.15, 0.2) is 15.2 Å². The highest BCUT2D eigenvalue weighted by atomic mass is 32.2. The van der Waals surface area contributed by atoms with Gasteiger partial charge in [-0.05, 0) is 13.3 Å². The van der Waals surface area contributed by atoms with Crippen molar-refractivity contribution in [1.82, 2.24) is 24.8 Å². The maximum Gasteiger partial charge on any atom is 0.275 e. The molecule has 11 heteroatoms. The number of fused-ring (bicyclic) bond motifs is 1. The van der Waals surface area contributed by atoms with Crippen molar-refractivity contribution in [3.63, 3.8) is 0 Å². The maximum atomic E-state index is 12.0. The summed E-state index contributed by atoms with van der Waals surface area (Å²) in [6.07, 6.45) is 1.25. The van der Waals surface area contributed by atoms with E-state index in [-0.39, 0.29) is 11.5 Å². The molecule has 0 aliphatic rings. The quantitative estimate of drug-likeness (QED) is 0.515. The Labute approximate surface area is 149 Å². The Hall–Kier alpha value is -1.85. The molecule has 3 rings (SSSR count). The molecule has 0 unspecified atom stereocenters. The lowest BCUT2D eigenvalue weighted by Gasteiger charge is -1.98. The highest BCUT2D eigenvalue weighted by molar-refractivity contribution is 8.00. The number of hydrogen-bond acceptors (Lipinski definition) is 9. The van der Waals surface area contributed by atoms with Gasteiger partial charge in [-0.1, -0.05) is 41.4 Å². The van der Waals surface area contributed by atoms with Gasteiger partial charge in [0.2, 0.25) is 16.0 Å². The minimum absolute atomic E-state index is 0.0640. The Kier molecular flexibility index (Phi) is 5.21. The molecule has 8 nitrogen and oxygen atoms in total. The third-order valence-corrected chi connectivity index (χ3v) is 5.70. The third kappa shape index (κ3) is 3.97. The molecule has 0 saturated carbocycles. The van der Waals surface area contributed by atoms with Crippen LogP contribution in [-0.4, -0.2) is 30.7 Å². The second-order valence-electron chi connectivity index (χ2n) is 4.86. The smallest absolute Gasteiger partial charge is 0.275 e. The fourth-order valence-corrected chi connectivity index (χ4v) is 4.32. The lowest BCUT2D eigenvalue weighted by atomic mass is 10.3. The van der Waals surface area contributed by atoms with Crippen LogP contribution in [0.3, 0.4) is 0 Å². The van der Waals surface area contributed by atoms with E-state index < -0.39 is 0 Å². The molecule has 0 radical (unpaired) electrons. The van der Waals surface area contributed by atoms with Crippen LogP contribution in [0.4, 0.5) is 5.13 Å². The molecule has 1 amide bonds. The van der Waals surface area contributed by atoms with Gasteiger partial charge >= 0.3 is 0 Å². The average molecular weight is 382 g/mol. The van der Waals surface area contributed by atoms with E-state index in [4.69, 9.17) is 0 Å². The Bertz CT molecular complexity index is 931. The highest BCUT2D eigenvalue weighted by Gasteiger charge is 2.10. The van der Waals surface area contributed by atoms with Crippen LogP contribution in [0.5, 0.6) is 0 Å². The molecule has 126 valence electrons. The first-order valence-electron chi connectivity index (χ1n) is 7.17. The normalized spacial score (nSPS) is 11.1. The van der Waals surface area contributed by atoms with Crippen LogP contribution in [0, 0.1) is 6.92 Å². The van der Waals surface area contributed by atoms with Gasteiger partial charge in [0.25, 0.3) is 5.56 Å². The van der Waals surface area contributed by atoms with Crippen molar-refractivity contribution in [3.8, 4) is 0 Å². The summed E-state index contributed by atoms with van der Waals surface area (Å²) in [6, 6.07) is 1.48. The van der Waals surface area contributed by atoms with Crippen LogP contribution in [0.2, 0.25) is 0 Å². The first-order valence-corrected chi connectivity index (χ1v) is 9.79. The van der Waals surface area contributed by atoms with Gasteiger partial charge in [0, 0.05) is 18.2 Å². The lowest BCUT2D eigenvalue weighted by Crippen LogP contribution is -2.15. The number of aromatic nitrogens is 5. The van der Waals surface area contributed by atoms with Crippen molar-refractivity contribution in [1.29, 1.82) is 0 Å². The topological polar surface area (TPSA) is 102 Å². The molecule has 0 spiro atoms. The van der Waals surface area contributed by atoms with Crippen LogP contribution in [0.1, 0.15) is 30.5 Å². The zero-order valence-electron chi connectivity index (χ0n) is 13.0. The molecule has 0 aliphatic heterocycles. The van der Waals surface area contributed by atoms with E-state index in [1.165, 1.54) is 45.0 Å². The monoisotopic (exact) mass is 382 g/mol. The van der Waals surface area contributed by atoms with Gasteiger partial charge < -0.3 is 5.32 Å². The van der Waals surface area contributed by atoms with Crippen LogP contribution >= 0.6 is 34.4 Å². The number of hydrogen-bond donors (Lipinski definition) is 1. The molecule has 3 aromatic heterocycles. The zero-order valence-corrected chi connectivity index (χ0v) is 15.4. The summed E-state index contributed by atoms with van der Waals surface area (Å²) in [7, 11) is 0. The van der Waals surface area contributed by atoms with Crippen LogP contribution < -0.4 is 10.9 Å². The van der Waals surface area contributed by atoms with Crippen LogP contribution in [-0.2, 0) is 10.5 Å². The van der Waals surface area contributed by atoms with Crippen molar-refractivity contribution in [2.75, 3.05) is 5.32 Å². The number of nitrogens with one attached hydrogen (secondary N) is 1.